The number of hydrogen-bond donors (Lipinski definition) is 3. The molecule has 1 fully saturated rings. The average Bonchev–Trinajstić information content (AvgIpc) is 2.29. The van der Waals surface area contributed by atoms with Crippen LogP contribution in [0, 0.1) is 0 Å². The molecule has 7 heteroatoms. The summed E-state index contributed by atoms with van der Waals surface area (Å²) in [4.78, 5) is 0. The molecule has 1 saturated heterocycles. The van der Waals surface area contributed by atoms with Crippen LogP contribution in [-0.2, 0) is 4.74 Å². The maximum atomic E-state index is 12.4. The molecular formula is C7H11F3O4. The number of hydrogen-bond acceptors (Lipinski definition) is 4. The fourth-order valence-electron chi connectivity index (χ4n) is 1.51. The minimum Gasteiger partial charge on any atom is -0.394 e. The second-order valence-corrected chi connectivity index (χ2v) is 3.27. The number of aliphatic hydroxyl groups is 3. The monoisotopic (exact) mass is 216 g/mol. The molecule has 0 aromatic heterocycles. The summed E-state index contributed by atoms with van der Waals surface area (Å²) in [5.74, 6) is 0. The molecule has 0 aliphatic carbocycles. The highest BCUT2D eigenvalue weighted by Gasteiger charge is 2.68. The maximum absolute atomic E-state index is 12.4. The van der Waals surface area contributed by atoms with Gasteiger partial charge in [0, 0.05) is 0 Å². The van der Waals surface area contributed by atoms with E-state index in [0.717, 1.165) is 6.92 Å². The molecule has 14 heavy (non-hydrogen) atoms. The fourth-order valence-corrected chi connectivity index (χ4v) is 1.51. The summed E-state index contributed by atoms with van der Waals surface area (Å²) < 4.78 is 41.7. The third-order valence-corrected chi connectivity index (χ3v) is 2.44. The molecule has 4 atom stereocenters. The van der Waals surface area contributed by atoms with Crippen LogP contribution in [0.3, 0.4) is 0 Å². The molecule has 0 aromatic rings. The summed E-state index contributed by atoms with van der Waals surface area (Å²) in [5.41, 5.74) is -3.31. The molecule has 0 aromatic carbocycles. The normalized spacial score (nSPS) is 44.4. The van der Waals surface area contributed by atoms with Crippen LogP contribution in [-0.4, -0.2) is 52.0 Å². The second kappa shape index (κ2) is 3.34. The van der Waals surface area contributed by atoms with Crippen LogP contribution in [0.15, 0.2) is 0 Å². The Balaban J connectivity index is 2.99. The number of halogens is 3. The predicted molar refractivity (Wildman–Crippen MR) is 38.4 cm³/mol. The Hall–Kier alpha value is -0.370. The van der Waals surface area contributed by atoms with Gasteiger partial charge in [-0.2, -0.15) is 13.2 Å². The van der Waals surface area contributed by atoms with Crippen LogP contribution in [0.25, 0.3) is 0 Å². The van der Waals surface area contributed by atoms with Crippen LogP contribution < -0.4 is 0 Å². The summed E-state index contributed by atoms with van der Waals surface area (Å²) in [7, 11) is 0. The van der Waals surface area contributed by atoms with E-state index in [1.54, 1.807) is 0 Å². The van der Waals surface area contributed by atoms with Crippen molar-refractivity contribution in [2.24, 2.45) is 0 Å². The van der Waals surface area contributed by atoms with E-state index in [9.17, 15) is 18.3 Å². The average molecular weight is 216 g/mol. The van der Waals surface area contributed by atoms with Crippen LogP contribution >= 0.6 is 0 Å². The molecule has 0 amide bonds. The van der Waals surface area contributed by atoms with Gasteiger partial charge in [0.25, 0.3) is 0 Å². The van der Waals surface area contributed by atoms with Crippen molar-refractivity contribution in [3.63, 3.8) is 0 Å². The minimum absolute atomic E-state index is 0.774. The smallest absolute Gasteiger partial charge is 0.394 e. The van der Waals surface area contributed by atoms with E-state index >= 15 is 0 Å². The number of alkyl halides is 3. The largest absolute Gasteiger partial charge is 0.422 e. The van der Waals surface area contributed by atoms with Crippen molar-refractivity contribution in [1.29, 1.82) is 0 Å². The Labute approximate surface area is 77.9 Å². The molecule has 1 heterocycles. The first kappa shape index (κ1) is 11.7. The summed E-state index contributed by atoms with van der Waals surface area (Å²) in [5, 5.41) is 27.0. The highest BCUT2D eigenvalue weighted by Crippen LogP contribution is 2.43. The van der Waals surface area contributed by atoms with Gasteiger partial charge in [0.15, 0.2) is 0 Å². The van der Waals surface area contributed by atoms with Crippen molar-refractivity contribution >= 4 is 0 Å². The predicted octanol–water partition coefficient (Wildman–Crippen LogP) is -0.580. The van der Waals surface area contributed by atoms with E-state index in [1.165, 1.54) is 0 Å². The van der Waals surface area contributed by atoms with E-state index in [1.807, 2.05) is 0 Å². The third-order valence-electron chi connectivity index (χ3n) is 2.44. The van der Waals surface area contributed by atoms with Gasteiger partial charge in [-0.25, -0.2) is 0 Å². The molecule has 0 saturated carbocycles. The Bertz CT molecular complexity index is 219. The van der Waals surface area contributed by atoms with E-state index < -0.39 is 36.7 Å². The van der Waals surface area contributed by atoms with Crippen molar-refractivity contribution in [2.45, 2.75) is 37.0 Å². The summed E-state index contributed by atoms with van der Waals surface area (Å²) >= 11 is 0. The second-order valence-electron chi connectivity index (χ2n) is 3.27. The molecule has 4 unspecified atom stereocenters. The summed E-state index contributed by atoms with van der Waals surface area (Å²) in [6, 6.07) is 0. The van der Waals surface area contributed by atoms with E-state index in [0.29, 0.717) is 0 Å². The third kappa shape index (κ3) is 1.40. The molecule has 0 bridgehead atoms. The highest BCUT2D eigenvalue weighted by molar-refractivity contribution is 5.06. The Kier molecular flexibility index (Phi) is 2.79. The fraction of sp³-hybridized carbons (Fsp3) is 1.00. The van der Waals surface area contributed by atoms with E-state index in [2.05, 4.69) is 4.74 Å². The van der Waals surface area contributed by atoms with Crippen molar-refractivity contribution in [3.05, 3.63) is 0 Å². The summed E-state index contributed by atoms with van der Waals surface area (Å²) in [6.07, 6.45) is -10.2. The SMILES string of the molecule is CC1OC(CO)C(O)C1(O)C(F)(F)F. The lowest BCUT2D eigenvalue weighted by molar-refractivity contribution is -0.291. The molecule has 1 aliphatic rings. The molecule has 84 valence electrons. The number of ether oxygens (including phenoxy) is 1. The zero-order valence-corrected chi connectivity index (χ0v) is 7.32. The first-order chi connectivity index (χ1) is 6.25. The zero-order chi connectivity index (χ0) is 11.1. The Morgan fingerprint density at radius 1 is 1.43 bits per heavy atom. The van der Waals surface area contributed by atoms with Gasteiger partial charge in [-0.05, 0) is 6.92 Å². The van der Waals surface area contributed by atoms with Crippen molar-refractivity contribution in [1.82, 2.24) is 0 Å². The Morgan fingerprint density at radius 3 is 2.14 bits per heavy atom. The molecule has 0 radical (unpaired) electrons. The quantitative estimate of drug-likeness (QED) is 0.548. The minimum atomic E-state index is -4.99. The number of aliphatic hydroxyl groups excluding tert-OH is 2. The molecular weight excluding hydrogens is 205 g/mol. The van der Waals surface area contributed by atoms with Crippen molar-refractivity contribution in [3.8, 4) is 0 Å². The molecule has 1 rings (SSSR count). The lowest BCUT2D eigenvalue weighted by Crippen LogP contribution is -2.58. The van der Waals surface area contributed by atoms with Gasteiger partial charge < -0.3 is 20.1 Å². The van der Waals surface area contributed by atoms with Crippen molar-refractivity contribution in [2.75, 3.05) is 6.61 Å². The van der Waals surface area contributed by atoms with Crippen LogP contribution in [0.4, 0.5) is 13.2 Å². The Morgan fingerprint density at radius 2 is 1.93 bits per heavy atom. The van der Waals surface area contributed by atoms with Gasteiger partial charge in [0.05, 0.1) is 12.7 Å². The molecule has 4 nitrogen and oxygen atoms in total. The van der Waals surface area contributed by atoms with E-state index in [-0.39, 0.29) is 0 Å². The zero-order valence-electron chi connectivity index (χ0n) is 7.32. The topological polar surface area (TPSA) is 69.9 Å². The molecule has 3 N–H and O–H groups in total. The van der Waals surface area contributed by atoms with Crippen LogP contribution in [0.1, 0.15) is 6.92 Å². The first-order valence-corrected chi connectivity index (χ1v) is 3.98. The summed E-state index contributed by atoms with van der Waals surface area (Å²) in [6.45, 7) is 0.219. The van der Waals surface area contributed by atoms with Gasteiger partial charge in [0.2, 0.25) is 5.60 Å². The maximum Gasteiger partial charge on any atom is 0.422 e. The van der Waals surface area contributed by atoms with Crippen LogP contribution in [0.5, 0.6) is 0 Å². The van der Waals surface area contributed by atoms with Gasteiger partial charge in [-0.15, -0.1) is 0 Å². The lowest BCUT2D eigenvalue weighted by atomic mass is 9.91. The van der Waals surface area contributed by atoms with Gasteiger partial charge in [-0.1, -0.05) is 0 Å². The van der Waals surface area contributed by atoms with Gasteiger partial charge >= 0.3 is 6.18 Å². The lowest BCUT2D eigenvalue weighted by Gasteiger charge is -2.31. The first-order valence-electron chi connectivity index (χ1n) is 3.98. The van der Waals surface area contributed by atoms with Crippen LogP contribution in [0.2, 0.25) is 0 Å². The van der Waals surface area contributed by atoms with Gasteiger partial charge in [-0.3, -0.25) is 0 Å². The van der Waals surface area contributed by atoms with E-state index in [4.69, 9.17) is 10.2 Å². The van der Waals surface area contributed by atoms with Gasteiger partial charge in [0.1, 0.15) is 12.2 Å². The standard InChI is InChI=1S/C7H11F3O4/c1-3-6(13,7(8,9)10)5(12)4(2-11)14-3/h3-5,11-13H,2H2,1H3. The molecule has 0 spiro atoms. The van der Waals surface area contributed by atoms with Crippen molar-refractivity contribution < 1.29 is 33.2 Å². The number of rotatable bonds is 1. The molecule has 1 aliphatic heterocycles. The highest BCUT2D eigenvalue weighted by atomic mass is 19.4.